The van der Waals surface area contributed by atoms with E-state index in [1.807, 2.05) is 13.8 Å². The van der Waals surface area contributed by atoms with Gasteiger partial charge in [0, 0.05) is 6.04 Å². The largest absolute Gasteiger partial charge is 0.499 e. The van der Waals surface area contributed by atoms with Crippen molar-refractivity contribution in [1.29, 1.82) is 0 Å². The molecule has 0 saturated heterocycles. The van der Waals surface area contributed by atoms with E-state index in [-0.39, 0.29) is 17.0 Å². The average Bonchev–Trinajstić information content (AvgIpc) is 2.33. The fourth-order valence-corrected chi connectivity index (χ4v) is 1.43. The standard InChI is InChI=1S/C8H11NO2S/c1-5(2)9-7(10)6-3-4-12-8(6)11/h3-5,11H,1-2H3,(H,9,10). The van der Waals surface area contributed by atoms with Crippen LogP contribution in [0.5, 0.6) is 5.06 Å². The monoisotopic (exact) mass is 185 g/mol. The van der Waals surface area contributed by atoms with Crippen LogP contribution in [-0.2, 0) is 0 Å². The molecular formula is C8H11NO2S. The Hall–Kier alpha value is -1.03. The van der Waals surface area contributed by atoms with Crippen molar-refractivity contribution in [3.8, 4) is 5.06 Å². The van der Waals surface area contributed by atoms with E-state index in [4.69, 9.17) is 0 Å². The molecule has 0 fully saturated rings. The lowest BCUT2D eigenvalue weighted by Gasteiger charge is -2.06. The van der Waals surface area contributed by atoms with Crippen LogP contribution >= 0.6 is 11.3 Å². The molecule has 0 radical (unpaired) electrons. The van der Waals surface area contributed by atoms with Gasteiger partial charge in [0.1, 0.15) is 0 Å². The molecule has 0 aliphatic rings. The van der Waals surface area contributed by atoms with E-state index in [9.17, 15) is 9.90 Å². The first-order valence-corrected chi connectivity index (χ1v) is 4.56. The molecule has 0 saturated carbocycles. The second-order valence-corrected chi connectivity index (χ2v) is 3.66. The molecule has 1 amide bonds. The van der Waals surface area contributed by atoms with Crippen molar-refractivity contribution < 1.29 is 9.90 Å². The van der Waals surface area contributed by atoms with Crippen LogP contribution in [-0.4, -0.2) is 17.1 Å². The van der Waals surface area contributed by atoms with Crippen molar-refractivity contribution in [2.24, 2.45) is 0 Å². The molecule has 0 unspecified atom stereocenters. The maximum absolute atomic E-state index is 11.3. The smallest absolute Gasteiger partial charge is 0.256 e. The zero-order valence-electron chi connectivity index (χ0n) is 7.00. The predicted octanol–water partition coefficient (Wildman–Crippen LogP) is 1.59. The third-order valence-electron chi connectivity index (χ3n) is 1.31. The molecule has 2 N–H and O–H groups in total. The van der Waals surface area contributed by atoms with E-state index in [0.29, 0.717) is 5.56 Å². The van der Waals surface area contributed by atoms with Crippen LogP contribution in [0, 0.1) is 0 Å². The second-order valence-electron chi connectivity index (χ2n) is 2.77. The van der Waals surface area contributed by atoms with Crippen LogP contribution in [0.15, 0.2) is 11.4 Å². The molecule has 0 aliphatic carbocycles. The van der Waals surface area contributed by atoms with Crippen LogP contribution in [0.1, 0.15) is 24.2 Å². The topological polar surface area (TPSA) is 49.3 Å². The summed E-state index contributed by atoms with van der Waals surface area (Å²) < 4.78 is 0. The summed E-state index contributed by atoms with van der Waals surface area (Å²) in [5.74, 6) is -0.219. The number of nitrogens with one attached hydrogen (secondary N) is 1. The third-order valence-corrected chi connectivity index (χ3v) is 2.02. The summed E-state index contributed by atoms with van der Waals surface area (Å²) in [5, 5.41) is 13.6. The Morgan fingerprint density at radius 2 is 2.33 bits per heavy atom. The minimum Gasteiger partial charge on any atom is -0.499 e. The molecule has 3 nitrogen and oxygen atoms in total. The highest BCUT2D eigenvalue weighted by Crippen LogP contribution is 2.23. The summed E-state index contributed by atoms with van der Waals surface area (Å²) in [4.78, 5) is 11.3. The van der Waals surface area contributed by atoms with Gasteiger partial charge in [0.15, 0.2) is 5.06 Å². The number of carbonyl (C=O) groups excluding carboxylic acids is 1. The van der Waals surface area contributed by atoms with Gasteiger partial charge in [-0.25, -0.2) is 0 Å². The number of aromatic hydroxyl groups is 1. The molecule has 0 bridgehead atoms. The summed E-state index contributed by atoms with van der Waals surface area (Å²) in [6.07, 6.45) is 0. The fraction of sp³-hybridized carbons (Fsp3) is 0.375. The minimum atomic E-state index is -0.219. The quantitative estimate of drug-likeness (QED) is 0.735. The van der Waals surface area contributed by atoms with Crippen molar-refractivity contribution in [3.63, 3.8) is 0 Å². The van der Waals surface area contributed by atoms with Gasteiger partial charge >= 0.3 is 0 Å². The molecule has 1 heterocycles. The Labute approximate surface area is 75.0 Å². The fourth-order valence-electron chi connectivity index (χ4n) is 0.814. The van der Waals surface area contributed by atoms with Gasteiger partial charge < -0.3 is 10.4 Å². The highest BCUT2D eigenvalue weighted by atomic mass is 32.1. The van der Waals surface area contributed by atoms with Gasteiger partial charge in [-0.05, 0) is 25.3 Å². The number of thiophene rings is 1. The average molecular weight is 185 g/mol. The molecule has 0 atom stereocenters. The number of carbonyl (C=O) groups is 1. The van der Waals surface area contributed by atoms with Crippen LogP contribution in [0.3, 0.4) is 0 Å². The summed E-state index contributed by atoms with van der Waals surface area (Å²) in [5.41, 5.74) is 0.355. The molecule has 1 aromatic rings. The van der Waals surface area contributed by atoms with Crippen molar-refractivity contribution in [2.75, 3.05) is 0 Å². The molecule has 1 aromatic heterocycles. The molecule has 66 valence electrons. The molecule has 0 aromatic carbocycles. The lowest BCUT2D eigenvalue weighted by Crippen LogP contribution is -2.29. The van der Waals surface area contributed by atoms with Crippen LogP contribution in [0.4, 0.5) is 0 Å². The van der Waals surface area contributed by atoms with E-state index in [2.05, 4.69) is 5.32 Å². The van der Waals surface area contributed by atoms with Gasteiger partial charge in [-0.15, -0.1) is 11.3 Å². The molecule has 0 aliphatic heterocycles. The van der Waals surface area contributed by atoms with Crippen molar-refractivity contribution in [2.45, 2.75) is 19.9 Å². The maximum Gasteiger partial charge on any atom is 0.256 e. The van der Waals surface area contributed by atoms with Gasteiger partial charge in [0.2, 0.25) is 0 Å². The highest BCUT2D eigenvalue weighted by Gasteiger charge is 2.11. The molecular weight excluding hydrogens is 174 g/mol. The normalized spacial score (nSPS) is 10.2. The van der Waals surface area contributed by atoms with E-state index in [1.54, 1.807) is 11.4 Å². The van der Waals surface area contributed by atoms with Crippen molar-refractivity contribution >= 4 is 17.2 Å². The zero-order chi connectivity index (χ0) is 9.14. The van der Waals surface area contributed by atoms with E-state index < -0.39 is 0 Å². The van der Waals surface area contributed by atoms with Crippen molar-refractivity contribution in [3.05, 3.63) is 17.0 Å². The minimum absolute atomic E-state index is 0.0770. The van der Waals surface area contributed by atoms with Gasteiger partial charge in [-0.2, -0.15) is 0 Å². The van der Waals surface area contributed by atoms with Crippen LogP contribution < -0.4 is 5.32 Å². The Balaban J connectivity index is 2.72. The van der Waals surface area contributed by atoms with Crippen LogP contribution in [0.2, 0.25) is 0 Å². The van der Waals surface area contributed by atoms with Gasteiger partial charge in [-0.3, -0.25) is 4.79 Å². The van der Waals surface area contributed by atoms with Gasteiger partial charge in [0.25, 0.3) is 5.91 Å². The Bertz CT molecular complexity index is 280. The van der Waals surface area contributed by atoms with Crippen molar-refractivity contribution in [1.82, 2.24) is 5.32 Å². The third kappa shape index (κ3) is 1.98. The Morgan fingerprint density at radius 1 is 1.67 bits per heavy atom. The SMILES string of the molecule is CC(C)NC(=O)c1ccsc1O. The summed E-state index contributed by atoms with van der Waals surface area (Å²) in [6, 6.07) is 1.70. The van der Waals surface area contributed by atoms with Gasteiger partial charge in [-0.1, -0.05) is 0 Å². The number of hydrogen-bond acceptors (Lipinski definition) is 3. The Kier molecular flexibility index (Phi) is 2.70. The number of hydrogen-bond donors (Lipinski definition) is 2. The van der Waals surface area contributed by atoms with Gasteiger partial charge in [0.05, 0.1) is 5.56 Å². The number of rotatable bonds is 2. The predicted molar refractivity (Wildman–Crippen MR) is 48.6 cm³/mol. The van der Waals surface area contributed by atoms with E-state index in [1.165, 1.54) is 0 Å². The first-order chi connectivity index (χ1) is 5.61. The summed E-state index contributed by atoms with van der Waals surface area (Å²) in [6.45, 7) is 3.75. The molecule has 12 heavy (non-hydrogen) atoms. The molecule has 4 heteroatoms. The zero-order valence-corrected chi connectivity index (χ0v) is 7.81. The second kappa shape index (κ2) is 3.58. The summed E-state index contributed by atoms with van der Waals surface area (Å²) in [7, 11) is 0. The van der Waals surface area contributed by atoms with E-state index >= 15 is 0 Å². The highest BCUT2D eigenvalue weighted by molar-refractivity contribution is 7.12. The first kappa shape index (κ1) is 9.06. The van der Waals surface area contributed by atoms with Crippen LogP contribution in [0.25, 0.3) is 0 Å². The lowest BCUT2D eigenvalue weighted by atomic mass is 10.3. The number of amides is 1. The molecule has 1 rings (SSSR count). The first-order valence-electron chi connectivity index (χ1n) is 3.68. The summed E-state index contributed by atoms with van der Waals surface area (Å²) >= 11 is 1.15. The maximum atomic E-state index is 11.3. The molecule has 0 spiro atoms. The lowest BCUT2D eigenvalue weighted by molar-refractivity contribution is 0.0941. The Morgan fingerprint density at radius 3 is 2.75 bits per heavy atom. The van der Waals surface area contributed by atoms with E-state index in [0.717, 1.165) is 11.3 Å².